The molecule has 180 valence electrons. The predicted octanol–water partition coefficient (Wildman–Crippen LogP) is -7.83. The van der Waals surface area contributed by atoms with Gasteiger partial charge in [-0.3, -0.25) is 9.59 Å². The van der Waals surface area contributed by atoms with Crippen molar-refractivity contribution in [2.75, 3.05) is 13.2 Å². The highest BCUT2D eigenvalue weighted by atomic mass is 16.7. The molecule has 3 unspecified atom stereocenters. The van der Waals surface area contributed by atoms with E-state index in [1.54, 1.807) is 0 Å². The Morgan fingerprint density at radius 1 is 0.774 bits per heavy atom. The third-order valence-corrected chi connectivity index (χ3v) is 5.43. The van der Waals surface area contributed by atoms with E-state index in [9.17, 15) is 50.4 Å². The summed E-state index contributed by atoms with van der Waals surface area (Å²) in [5.41, 5.74) is 5.57. The van der Waals surface area contributed by atoms with Gasteiger partial charge in [0.05, 0.1) is 19.3 Å². The Kier molecular flexibility index (Phi) is 7.87. The number of hydrogen-bond acceptors (Lipinski definition) is 15. The maximum Gasteiger partial charge on any atom is 0.258 e. The van der Waals surface area contributed by atoms with E-state index in [1.807, 2.05) is 0 Å². The number of hydrogen-bond donors (Lipinski definition) is 11. The minimum Gasteiger partial charge on any atom is -0.394 e. The zero-order valence-electron chi connectivity index (χ0n) is 16.0. The number of carbonyl (C=O) groups is 2. The summed E-state index contributed by atoms with van der Waals surface area (Å²) in [6.45, 7) is -1.94. The molecule has 15 heteroatoms. The summed E-state index contributed by atoms with van der Waals surface area (Å²) in [4.78, 5) is 25.1. The largest absolute Gasteiger partial charge is 0.394 e. The second-order valence-corrected chi connectivity index (χ2v) is 7.52. The summed E-state index contributed by atoms with van der Waals surface area (Å²) < 4.78 is 9.59. The van der Waals surface area contributed by atoms with Gasteiger partial charge in [0.2, 0.25) is 5.78 Å². The molecule has 11 atom stereocenters. The van der Waals surface area contributed by atoms with E-state index < -0.39 is 97.6 Å². The number of aliphatic hydroxyl groups is 10. The van der Waals surface area contributed by atoms with Crippen molar-refractivity contribution in [3.63, 3.8) is 0 Å². The topological polar surface area (TPSA) is 281 Å². The molecular formula is C16H27NO14. The van der Waals surface area contributed by atoms with Crippen molar-refractivity contribution < 1.29 is 70.1 Å². The van der Waals surface area contributed by atoms with Gasteiger partial charge in [-0.05, 0) is 0 Å². The number of ether oxygens (including phenoxy) is 2. The molecule has 0 spiro atoms. The van der Waals surface area contributed by atoms with Crippen LogP contribution in [-0.2, 0) is 19.1 Å². The van der Waals surface area contributed by atoms with Crippen LogP contribution in [0.4, 0.5) is 0 Å². The average Bonchev–Trinajstić information content (AvgIpc) is 2.75. The van der Waals surface area contributed by atoms with Crippen molar-refractivity contribution in [1.29, 1.82) is 0 Å². The van der Waals surface area contributed by atoms with E-state index in [0.717, 1.165) is 0 Å². The molecule has 2 rings (SSSR count). The number of nitrogens with two attached hydrogens (primary N) is 1. The van der Waals surface area contributed by atoms with Gasteiger partial charge in [-0.25, -0.2) is 0 Å². The van der Waals surface area contributed by atoms with Crippen molar-refractivity contribution in [2.24, 2.45) is 5.73 Å². The molecule has 0 aliphatic carbocycles. The molecule has 2 saturated heterocycles. The predicted molar refractivity (Wildman–Crippen MR) is 92.5 cm³/mol. The van der Waals surface area contributed by atoms with Gasteiger partial charge < -0.3 is 66.3 Å². The van der Waals surface area contributed by atoms with Crippen LogP contribution < -0.4 is 5.73 Å². The van der Waals surface area contributed by atoms with Gasteiger partial charge in [0.1, 0.15) is 48.8 Å². The lowest BCUT2D eigenvalue weighted by atomic mass is 9.84. The number of ketones is 2. The second kappa shape index (κ2) is 9.36. The summed E-state index contributed by atoms with van der Waals surface area (Å²) >= 11 is 0. The van der Waals surface area contributed by atoms with Gasteiger partial charge in [0.25, 0.3) is 11.6 Å². The Hall–Kier alpha value is -1.18. The fourth-order valence-electron chi connectivity index (χ4n) is 3.45. The maximum atomic E-state index is 12.6. The molecule has 2 heterocycles. The van der Waals surface area contributed by atoms with Crippen LogP contribution in [-0.4, -0.2) is 142 Å². The Morgan fingerprint density at radius 2 is 1.16 bits per heavy atom. The molecule has 0 bridgehead atoms. The van der Waals surface area contributed by atoms with Crippen LogP contribution in [0.15, 0.2) is 0 Å². The monoisotopic (exact) mass is 457 g/mol. The fraction of sp³-hybridized carbons (Fsp3) is 0.875. The maximum absolute atomic E-state index is 12.6. The molecule has 31 heavy (non-hydrogen) atoms. The molecule has 0 aromatic heterocycles. The van der Waals surface area contributed by atoms with Crippen LogP contribution in [0.5, 0.6) is 0 Å². The molecule has 0 aromatic carbocycles. The lowest BCUT2D eigenvalue weighted by molar-refractivity contribution is -0.333. The number of aliphatic hydroxyl groups excluding tert-OH is 8. The van der Waals surface area contributed by atoms with Crippen LogP contribution in [0, 0.1) is 0 Å². The quantitative estimate of drug-likeness (QED) is 0.169. The van der Waals surface area contributed by atoms with Gasteiger partial charge in [-0.1, -0.05) is 0 Å². The van der Waals surface area contributed by atoms with Crippen LogP contribution in [0.25, 0.3) is 0 Å². The molecule has 2 fully saturated rings. The van der Waals surface area contributed by atoms with Gasteiger partial charge >= 0.3 is 0 Å². The number of carbonyl (C=O) groups excluding carboxylic acids is 2. The highest BCUT2D eigenvalue weighted by molar-refractivity contribution is 5.97. The molecular weight excluding hydrogens is 430 g/mol. The Bertz CT molecular complexity index is 675. The number of Topliss-reactive ketones (excluding diaryl/α,β-unsaturated/α-hetero) is 2. The highest BCUT2D eigenvalue weighted by Crippen LogP contribution is 2.32. The zero-order chi connectivity index (χ0) is 23.9. The molecule has 0 amide bonds. The minimum absolute atomic E-state index is 0.964. The summed E-state index contributed by atoms with van der Waals surface area (Å²) in [5, 5.41) is 98.0. The van der Waals surface area contributed by atoms with E-state index >= 15 is 0 Å². The van der Waals surface area contributed by atoms with Crippen molar-refractivity contribution >= 4 is 11.6 Å². The first-order chi connectivity index (χ1) is 14.3. The van der Waals surface area contributed by atoms with Crippen LogP contribution in [0.2, 0.25) is 0 Å². The number of rotatable bonds is 7. The smallest absolute Gasteiger partial charge is 0.258 e. The van der Waals surface area contributed by atoms with E-state index in [-0.39, 0.29) is 0 Å². The summed E-state index contributed by atoms with van der Waals surface area (Å²) in [5.74, 6) is -9.56. The first-order valence-electron chi connectivity index (χ1n) is 9.19. The molecule has 2 aliphatic heterocycles. The molecule has 0 saturated carbocycles. The first-order valence-corrected chi connectivity index (χ1v) is 9.19. The Morgan fingerprint density at radius 3 is 1.58 bits per heavy atom. The first kappa shape index (κ1) is 26.1. The molecule has 0 radical (unpaired) electrons. The van der Waals surface area contributed by atoms with Gasteiger partial charge in [-0.15, -0.1) is 0 Å². The summed E-state index contributed by atoms with van der Waals surface area (Å²) in [6.07, 6.45) is -17.4. The lowest BCUT2D eigenvalue weighted by Gasteiger charge is -2.45. The fourth-order valence-corrected chi connectivity index (χ4v) is 3.45. The third kappa shape index (κ3) is 4.38. The lowest BCUT2D eigenvalue weighted by Crippen LogP contribution is -2.71. The van der Waals surface area contributed by atoms with E-state index in [4.69, 9.17) is 25.4 Å². The molecule has 15 nitrogen and oxygen atoms in total. The SMILES string of the molecule is NC(CC(=O)C1(O)O[C@H](CO)[C@@H](O)[C@H](O)[C@H]1O)C(=O)C1(O)O[C@H](CO)[C@@H](O)[C@H](O)[C@H]1O. The molecule has 12 N–H and O–H groups in total. The highest BCUT2D eigenvalue weighted by Gasteiger charge is 2.60. The van der Waals surface area contributed by atoms with E-state index in [1.165, 1.54) is 0 Å². The second-order valence-electron chi connectivity index (χ2n) is 7.52. The van der Waals surface area contributed by atoms with E-state index in [0.29, 0.717) is 0 Å². The van der Waals surface area contributed by atoms with Crippen LogP contribution in [0.1, 0.15) is 6.42 Å². The van der Waals surface area contributed by atoms with Gasteiger partial charge in [0, 0.05) is 6.42 Å². The van der Waals surface area contributed by atoms with Crippen LogP contribution >= 0.6 is 0 Å². The van der Waals surface area contributed by atoms with Crippen molar-refractivity contribution in [2.45, 2.75) is 72.9 Å². The third-order valence-electron chi connectivity index (χ3n) is 5.43. The Balaban J connectivity index is 2.20. The minimum atomic E-state index is -3.26. The van der Waals surface area contributed by atoms with Gasteiger partial charge in [0.15, 0.2) is 5.78 Å². The van der Waals surface area contributed by atoms with E-state index in [2.05, 4.69) is 0 Å². The Labute approximate surface area is 174 Å². The van der Waals surface area contributed by atoms with Crippen molar-refractivity contribution in [3.05, 3.63) is 0 Å². The molecule has 2 aliphatic rings. The van der Waals surface area contributed by atoms with Crippen molar-refractivity contribution in [1.82, 2.24) is 0 Å². The normalized spacial score (nSPS) is 47.1. The molecule has 0 aromatic rings. The summed E-state index contributed by atoms with van der Waals surface area (Å²) in [7, 11) is 0. The standard InChI is InChI=1S/C16H27NO14/c17-4(12(25)16(29)14(27)11(24)9(22)6(3-19)31-16)1-7(20)15(28)13(26)10(23)8(21)5(2-18)30-15/h4-6,8-11,13-14,18-19,21-24,26-29H,1-3,17H2/t4?,5-,6-,8-,9-,10+,11+,13-,14-,15?,16?/m1/s1. The van der Waals surface area contributed by atoms with Crippen LogP contribution in [0.3, 0.4) is 0 Å². The average molecular weight is 457 g/mol. The summed E-state index contributed by atoms with van der Waals surface area (Å²) in [6, 6.07) is -2.05. The van der Waals surface area contributed by atoms with Crippen molar-refractivity contribution in [3.8, 4) is 0 Å². The van der Waals surface area contributed by atoms with Gasteiger partial charge in [-0.2, -0.15) is 0 Å². The zero-order valence-corrected chi connectivity index (χ0v) is 16.0.